The van der Waals surface area contributed by atoms with Crippen molar-refractivity contribution in [2.24, 2.45) is 0 Å². The second kappa shape index (κ2) is 24.6. The topological polar surface area (TPSA) is 83.1 Å². The molecular weight excluding hydrogens is 1590 g/mol. The van der Waals surface area contributed by atoms with Crippen molar-refractivity contribution in [1.29, 1.82) is 0 Å². The number of ether oxygens (including phenoxy) is 9. The molecule has 0 amide bonds. The lowest BCUT2D eigenvalue weighted by molar-refractivity contribution is -0.107. The molecule has 368 valence electrons. The molecule has 0 radical (unpaired) electrons. The van der Waals surface area contributed by atoms with Crippen LogP contribution in [0.4, 0.5) is 0 Å². The normalized spacial score (nSPS) is 20.3. The zero-order valence-electron chi connectivity index (χ0n) is 38.0. The summed E-state index contributed by atoms with van der Waals surface area (Å²) in [6.07, 6.45) is 8.41. The van der Waals surface area contributed by atoms with E-state index in [1.165, 1.54) is 14.7 Å². The van der Waals surface area contributed by atoms with Gasteiger partial charge in [0.1, 0.15) is 54.3 Å². The minimum absolute atomic E-state index is 0.235. The van der Waals surface area contributed by atoms with Gasteiger partial charge in [-0.15, -0.1) is 0 Å². The first-order chi connectivity index (χ1) is 34.1. The molecule has 4 aliphatic heterocycles. The monoisotopic (exact) mass is 1640 g/mol. The second-order valence-corrected chi connectivity index (χ2v) is 26.8. The number of hydrogen-bond donors (Lipinski definition) is 1. The minimum Gasteiger partial charge on any atom is -0.489 e. The van der Waals surface area contributed by atoms with Crippen LogP contribution >= 0.6 is 146 Å². The lowest BCUT2D eigenvalue weighted by Gasteiger charge is -2.25. The van der Waals surface area contributed by atoms with Crippen molar-refractivity contribution in [2.45, 2.75) is 111 Å². The first kappa shape index (κ1) is 52.2. The maximum atomic E-state index is 6.68. The lowest BCUT2D eigenvalue weighted by atomic mass is 10.1. The number of fused-ring (bicyclic) bond motifs is 3. The smallest absolute Gasteiger partial charge is 0.199 e. The number of hydrogen-bond acceptors (Lipinski definition) is 9. The Labute approximate surface area is 494 Å². The average molecular weight is 1640 g/mol. The standard InChI is InChI=1S/C54H50I6O9S/c55-35-21-32(52(44(58)24-35)67-49-7-1-4-18-61-49)29-64-38-10-14-41(15-11-38)70-47-16-12-39(65-30-33-22-36(56)25-45(59)53(33)68-50-8-2-5-19-62-50)27-42(47)43-28-40(13-17-48(43)70)66-31-34-23-37(57)26-46(60)54(34)69-51-9-3-6-20-63-51/h10-17,21-28,49-51,70H,1-9,18-20,29-31H2. The van der Waals surface area contributed by atoms with Crippen LogP contribution in [0.15, 0.2) is 112 Å². The van der Waals surface area contributed by atoms with Gasteiger partial charge >= 0.3 is 0 Å². The van der Waals surface area contributed by atoms with Crippen LogP contribution in [0, 0.1) is 21.4 Å². The highest BCUT2D eigenvalue weighted by atomic mass is 127. The van der Waals surface area contributed by atoms with Crippen molar-refractivity contribution in [3.05, 3.63) is 135 Å². The summed E-state index contributed by atoms with van der Waals surface area (Å²) in [5, 5.41) is 0. The maximum Gasteiger partial charge on any atom is 0.199 e. The average Bonchev–Trinajstić information content (AvgIpc) is 3.68. The molecule has 4 aliphatic rings. The number of thiol groups is 1. The van der Waals surface area contributed by atoms with E-state index in [1.807, 2.05) is 0 Å². The van der Waals surface area contributed by atoms with Gasteiger partial charge in [0.15, 0.2) is 18.9 Å². The molecule has 0 aliphatic carbocycles. The van der Waals surface area contributed by atoms with E-state index in [4.69, 9.17) is 42.6 Å². The van der Waals surface area contributed by atoms with Gasteiger partial charge in [-0.25, -0.2) is 0 Å². The molecule has 0 N–H and O–H groups in total. The van der Waals surface area contributed by atoms with E-state index in [9.17, 15) is 0 Å². The Kier molecular flexibility index (Phi) is 18.3. The molecule has 3 atom stereocenters. The number of halogens is 6. The van der Waals surface area contributed by atoms with E-state index in [0.717, 1.165) is 161 Å². The summed E-state index contributed by atoms with van der Waals surface area (Å²) in [5.74, 6) is 4.87. The van der Waals surface area contributed by atoms with Crippen molar-refractivity contribution in [1.82, 2.24) is 0 Å². The fourth-order valence-corrected chi connectivity index (χ4v) is 17.8. The third-order valence-electron chi connectivity index (χ3n) is 12.4. The van der Waals surface area contributed by atoms with Crippen molar-refractivity contribution < 1.29 is 42.6 Å². The molecular formula is C54H50I6O9S. The Hall–Kier alpha value is -1.27. The van der Waals surface area contributed by atoms with Gasteiger partial charge in [-0.3, -0.25) is 0 Å². The van der Waals surface area contributed by atoms with Gasteiger partial charge < -0.3 is 42.6 Å². The highest BCUT2D eigenvalue weighted by Crippen LogP contribution is 2.63. The van der Waals surface area contributed by atoms with Crippen LogP contribution < -0.4 is 28.4 Å². The molecule has 70 heavy (non-hydrogen) atoms. The van der Waals surface area contributed by atoms with E-state index in [-0.39, 0.29) is 18.9 Å². The Balaban J connectivity index is 0.923. The fourth-order valence-electron chi connectivity index (χ4n) is 8.98. The van der Waals surface area contributed by atoms with Gasteiger partial charge in [0, 0.05) is 56.5 Å². The molecule has 16 heteroatoms. The van der Waals surface area contributed by atoms with Crippen LogP contribution in [0.25, 0.3) is 11.1 Å². The maximum absolute atomic E-state index is 6.68. The van der Waals surface area contributed by atoms with E-state index in [1.54, 1.807) is 0 Å². The Morgan fingerprint density at radius 1 is 0.414 bits per heavy atom. The summed E-state index contributed by atoms with van der Waals surface area (Å²) >= 11 is 14.2. The Bertz CT molecular complexity index is 2680. The van der Waals surface area contributed by atoms with Crippen molar-refractivity contribution >= 4 is 146 Å². The summed E-state index contributed by atoms with van der Waals surface area (Å²) in [4.78, 5) is 3.76. The van der Waals surface area contributed by atoms with Gasteiger partial charge in [-0.2, -0.15) is 10.9 Å². The van der Waals surface area contributed by atoms with Gasteiger partial charge in [0.2, 0.25) is 0 Å². The first-order valence-corrected chi connectivity index (χ1v) is 31.3. The molecule has 0 aromatic heterocycles. The third-order valence-corrected chi connectivity index (χ3v) is 19.2. The molecule has 3 unspecified atom stereocenters. The minimum atomic E-state index is -0.915. The molecule has 10 rings (SSSR count). The first-order valence-electron chi connectivity index (χ1n) is 23.5. The summed E-state index contributed by atoms with van der Waals surface area (Å²) < 4.78 is 63.7. The highest BCUT2D eigenvalue weighted by Gasteiger charge is 2.30. The zero-order valence-corrected chi connectivity index (χ0v) is 51.8. The molecule has 9 nitrogen and oxygen atoms in total. The van der Waals surface area contributed by atoms with Crippen LogP contribution in [0.2, 0.25) is 0 Å². The number of rotatable bonds is 16. The summed E-state index contributed by atoms with van der Waals surface area (Å²) in [6, 6.07) is 34.5. The van der Waals surface area contributed by atoms with E-state index in [2.05, 4.69) is 233 Å². The summed E-state index contributed by atoms with van der Waals surface area (Å²) in [7, 11) is -0.915. The van der Waals surface area contributed by atoms with Crippen molar-refractivity contribution in [2.75, 3.05) is 19.8 Å². The third kappa shape index (κ3) is 12.9. The second-order valence-electron chi connectivity index (χ2n) is 17.4. The predicted octanol–water partition coefficient (Wildman–Crippen LogP) is 16.2. The summed E-state index contributed by atoms with van der Waals surface area (Å²) in [5.41, 5.74) is 5.27. The summed E-state index contributed by atoms with van der Waals surface area (Å²) in [6.45, 7) is 3.26. The molecule has 6 aromatic carbocycles. The van der Waals surface area contributed by atoms with E-state index >= 15 is 0 Å². The zero-order chi connectivity index (χ0) is 48.1. The van der Waals surface area contributed by atoms with Gasteiger partial charge in [0.05, 0.1) is 30.5 Å². The highest BCUT2D eigenvalue weighted by molar-refractivity contribution is 14.1. The van der Waals surface area contributed by atoms with E-state index in [0.29, 0.717) is 19.8 Å². The van der Waals surface area contributed by atoms with Gasteiger partial charge in [0.25, 0.3) is 0 Å². The quantitative estimate of drug-likeness (QED) is 0.0751. The van der Waals surface area contributed by atoms with Crippen LogP contribution in [-0.2, 0) is 34.0 Å². The van der Waals surface area contributed by atoms with Gasteiger partial charge in [-0.05, 0) is 287 Å². The number of benzene rings is 6. The molecule has 0 bridgehead atoms. The van der Waals surface area contributed by atoms with Crippen LogP contribution in [0.3, 0.4) is 0 Å². The fraction of sp³-hybridized carbons (Fsp3) is 0.333. The predicted molar refractivity (Wildman–Crippen MR) is 323 cm³/mol. The largest absolute Gasteiger partial charge is 0.489 e. The lowest BCUT2D eigenvalue weighted by Crippen LogP contribution is -2.26. The van der Waals surface area contributed by atoms with Crippen molar-refractivity contribution in [3.8, 4) is 45.6 Å². The Morgan fingerprint density at radius 3 is 1.13 bits per heavy atom. The van der Waals surface area contributed by atoms with Crippen LogP contribution in [-0.4, -0.2) is 38.7 Å². The molecule has 0 saturated carbocycles. The van der Waals surface area contributed by atoms with Crippen molar-refractivity contribution in [3.63, 3.8) is 0 Å². The van der Waals surface area contributed by atoms with Crippen LogP contribution in [0.1, 0.15) is 74.5 Å². The van der Waals surface area contributed by atoms with Crippen LogP contribution in [0.5, 0.6) is 34.5 Å². The molecule has 3 fully saturated rings. The Morgan fingerprint density at radius 2 is 0.771 bits per heavy atom. The molecule has 6 aromatic rings. The molecule has 4 heterocycles. The van der Waals surface area contributed by atoms with E-state index < -0.39 is 10.9 Å². The van der Waals surface area contributed by atoms with Gasteiger partial charge in [-0.1, -0.05) is 0 Å². The SMILES string of the molecule is Ic1cc(I)c(OC2CCCCO2)c(COc2ccc([SH]3c4ccc(OCc5cc(I)cc(I)c5OC5CCCCO5)cc4-c4cc(OCc5cc(I)cc(I)c5OC5CCCCO5)ccc43)cc2)c1. The molecule has 0 spiro atoms. The molecule has 3 saturated heterocycles.